The summed E-state index contributed by atoms with van der Waals surface area (Å²) >= 11 is 0. The number of ether oxygens (including phenoxy) is 1. The minimum atomic E-state index is -0.338. The van der Waals surface area contributed by atoms with Crippen LogP contribution >= 0.6 is 0 Å². The Labute approximate surface area is 145 Å². The first kappa shape index (κ1) is 15.6. The van der Waals surface area contributed by atoms with E-state index in [1.807, 2.05) is 46.8 Å². The molecule has 0 spiro atoms. The fraction of sp³-hybridized carbons (Fsp3) is 0.316. The summed E-state index contributed by atoms with van der Waals surface area (Å²) in [6.45, 7) is 2.17. The van der Waals surface area contributed by atoms with Crippen molar-refractivity contribution in [2.24, 2.45) is 7.05 Å². The lowest BCUT2D eigenvalue weighted by atomic mass is 10.1. The summed E-state index contributed by atoms with van der Waals surface area (Å²) in [6.07, 6.45) is 9.36. The Morgan fingerprint density at radius 2 is 2.24 bits per heavy atom. The quantitative estimate of drug-likeness (QED) is 0.530. The molecule has 6 nitrogen and oxygen atoms in total. The smallest absolute Gasteiger partial charge is 0.330 e. The first-order valence-corrected chi connectivity index (χ1v) is 8.53. The highest BCUT2D eigenvalue weighted by Gasteiger charge is 2.31. The lowest BCUT2D eigenvalue weighted by Gasteiger charge is -2.07. The van der Waals surface area contributed by atoms with Crippen molar-refractivity contribution in [2.75, 3.05) is 6.61 Å². The molecule has 0 aliphatic heterocycles. The van der Waals surface area contributed by atoms with E-state index < -0.39 is 0 Å². The van der Waals surface area contributed by atoms with Crippen LogP contribution in [-0.2, 0) is 16.6 Å². The number of aryl methyl sites for hydroxylation is 1. The number of hydrogen-bond acceptors (Lipinski definition) is 4. The maximum absolute atomic E-state index is 11.8. The van der Waals surface area contributed by atoms with E-state index >= 15 is 0 Å². The molecule has 1 aliphatic carbocycles. The van der Waals surface area contributed by atoms with Crippen molar-refractivity contribution in [2.45, 2.75) is 25.7 Å². The topological polar surface area (TPSA) is 61.9 Å². The normalized spacial score (nSPS) is 14.5. The van der Waals surface area contributed by atoms with E-state index in [-0.39, 0.29) is 5.97 Å². The molecule has 4 rings (SSSR count). The molecule has 128 valence electrons. The number of carbonyl (C=O) groups excluding carboxylic acids is 1. The van der Waals surface area contributed by atoms with E-state index in [9.17, 15) is 4.79 Å². The zero-order valence-electron chi connectivity index (χ0n) is 14.3. The summed E-state index contributed by atoms with van der Waals surface area (Å²) in [7, 11) is 1.93. The molecule has 0 atom stereocenters. The molecule has 3 aromatic heterocycles. The lowest BCUT2D eigenvalue weighted by molar-refractivity contribution is -0.137. The molecule has 0 N–H and O–H groups in total. The fourth-order valence-electron chi connectivity index (χ4n) is 3.13. The van der Waals surface area contributed by atoms with Gasteiger partial charge < -0.3 is 4.74 Å². The van der Waals surface area contributed by atoms with Gasteiger partial charge in [0.05, 0.1) is 12.3 Å². The Balaban J connectivity index is 1.85. The molecule has 1 aliphatic rings. The third-order valence-corrected chi connectivity index (χ3v) is 4.39. The van der Waals surface area contributed by atoms with E-state index in [4.69, 9.17) is 9.84 Å². The second kappa shape index (κ2) is 6.20. The molecule has 25 heavy (non-hydrogen) atoms. The molecule has 0 unspecified atom stereocenters. The SMILES string of the molecule is CCOC(=O)C=Cc1c(C2CC2)nn(C)c1-n1ccc2cccnc21. The highest BCUT2D eigenvalue weighted by molar-refractivity contribution is 5.88. The number of aromatic nitrogens is 4. The van der Waals surface area contributed by atoms with Gasteiger partial charge in [0.25, 0.3) is 0 Å². The van der Waals surface area contributed by atoms with Crippen molar-refractivity contribution >= 4 is 23.1 Å². The van der Waals surface area contributed by atoms with Gasteiger partial charge in [0.2, 0.25) is 0 Å². The molecular weight excluding hydrogens is 316 g/mol. The van der Waals surface area contributed by atoms with Gasteiger partial charge in [0, 0.05) is 42.4 Å². The largest absolute Gasteiger partial charge is 0.463 e. The molecule has 6 heteroatoms. The predicted molar refractivity (Wildman–Crippen MR) is 95.5 cm³/mol. The number of carbonyl (C=O) groups is 1. The van der Waals surface area contributed by atoms with Gasteiger partial charge in [-0.25, -0.2) is 9.78 Å². The number of nitrogens with zero attached hydrogens (tertiary/aromatic N) is 4. The van der Waals surface area contributed by atoms with Crippen molar-refractivity contribution in [1.82, 2.24) is 19.3 Å². The Morgan fingerprint density at radius 1 is 1.40 bits per heavy atom. The Kier molecular flexibility index (Phi) is 3.87. The third kappa shape index (κ3) is 2.84. The molecule has 3 aromatic rings. The van der Waals surface area contributed by atoms with Crippen molar-refractivity contribution in [3.63, 3.8) is 0 Å². The number of rotatable bonds is 5. The van der Waals surface area contributed by atoms with Crippen molar-refractivity contribution in [3.05, 3.63) is 47.9 Å². The molecule has 0 bridgehead atoms. The minimum Gasteiger partial charge on any atom is -0.463 e. The lowest BCUT2D eigenvalue weighted by Crippen LogP contribution is -2.04. The summed E-state index contributed by atoms with van der Waals surface area (Å²) in [5, 5.41) is 5.79. The van der Waals surface area contributed by atoms with Crippen LogP contribution in [0, 0.1) is 0 Å². The van der Waals surface area contributed by atoms with Crippen LogP contribution in [0.25, 0.3) is 22.9 Å². The van der Waals surface area contributed by atoms with Gasteiger partial charge >= 0.3 is 5.97 Å². The van der Waals surface area contributed by atoms with Gasteiger partial charge in [-0.1, -0.05) is 0 Å². The molecule has 1 saturated carbocycles. The van der Waals surface area contributed by atoms with Crippen LogP contribution in [0.5, 0.6) is 0 Å². The monoisotopic (exact) mass is 336 g/mol. The molecular formula is C19H20N4O2. The van der Waals surface area contributed by atoms with Crippen molar-refractivity contribution < 1.29 is 9.53 Å². The summed E-state index contributed by atoms with van der Waals surface area (Å²) < 4.78 is 8.91. The molecule has 0 saturated heterocycles. The van der Waals surface area contributed by atoms with Crippen LogP contribution in [-0.4, -0.2) is 31.9 Å². The maximum Gasteiger partial charge on any atom is 0.330 e. The average Bonchev–Trinajstić information content (AvgIpc) is 3.29. The fourth-order valence-corrected chi connectivity index (χ4v) is 3.13. The van der Waals surface area contributed by atoms with Crippen LogP contribution in [0.3, 0.4) is 0 Å². The number of pyridine rings is 1. The predicted octanol–water partition coefficient (Wildman–Crippen LogP) is 3.21. The van der Waals surface area contributed by atoms with Gasteiger partial charge in [-0.05, 0) is 44.0 Å². The van der Waals surface area contributed by atoms with Crippen LogP contribution in [0.2, 0.25) is 0 Å². The highest BCUT2D eigenvalue weighted by Crippen LogP contribution is 2.42. The van der Waals surface area contributed by atoms with Gasteiger partial charge in [0.15, 0.2) is 0 Å². The zero-order chi connectivity index (χ0) is 17.4. The summed E-state index contributed by atoms with van der Waals surface area (Å²) in [5.41, 5.74) is 2.87. The van der Waals surface area contributed by atoms with E-state index in [1.165, 1.54) is 6.08 Å². The maximum atomic E-state index is 11.8. The molecule has 0 amide bonds. The van der Waals surface area contributed by atoms with E-state index in [0.29, 0.717) is 12.5 Å². The van der Waals surface area contributed by atoms with Crippen molar-refractivity contribution in [1.29, 1.82) is 0 Å². The molecule has 0 aromatic carbocycles. The van der Waals surface area contributed by atoms with Crippen LogP contribution in [0.4, 0.5) is 0 Å². The van der Waals surface area contributed by atoms with E-state index in [2.05, 4.69) is 4.98 Å². The Morgan fingerprint density at radius 3 is 3.00 bits per heavy atom. The molecule has 1 fully saturated rings. The van der Waals surface area contributed by atoms with Crippen LogP contribution < -0.4 is 0 Å². The van der Waals surface area contributed by atoms with Crippen molar-refractivity contribution in [3.8, 4) is 5.82 Å². The summed E-state index contributed by atoms with van der Waals surface area (Å²) in [5.74, 6) is 1.04. The molecule has 0 radical (unpaired) electrons. The van der Waals surface area contributed by atoms with Crippen LogP contribution in [0.1, 0.15) is 36.9 Å². The van der Waals surface area contributed by atoms with Gasteiger partial charge in [-0.3, -0.25) is 9.25 Å². The van der Waals surface area contributed by atoms with Gasteiger partial charge in [0.1, 0.15) is 11.5 Å². The average molecular weight is 336 g/mol. The van der Waals surface area contributed by atoms with Crippen LogP contribution in [0.15, 0.2) is 36.7 Å². The minimum absolute atomic E-state index is 0.338. The van der Waals surface area contributed by atoms with Gasteiger partial charge in [-0.15, -0.1) is 0 Å². The van der Waals surface area contributed by atoms with E-state index in [1.54, 1.807) is 13.1 Å². The standard InChI is InChI=1S/C19H20N4O2/c1-3-25-16(24)9-8-15-17(13-6-7-13)21-22(2)19(15)23-12-10-14-5-4-11-20-18(14)23/h4-5,8-13H,3,6-7H2,1-2H3. The number of fused-ring (bicyclic) bond motifs is 1. The summed E-state index contributed by atoms with van der Waals surface area (Å²) in [4.78, 5) is 16.3. The Hall–Kier alpha value is -2.89. The number of esters is 1. The zero-order valence-corrected chi connectivity index (χ0v) is 14.3. The third-order valence-electron chi connectivity index (χ3n) is 4.39. The van der Waals surface area contributed by atoms with Gasteiger partial charge in [-0.2, -0.15) is 5.10 Å². The second-order valence-electron chi connectivity index (χ2n) is 6.21. The number of hydrogen-bond donors (Lipinski definition) is 0. The first-order valence-electron chi connectivity index (χ1n) is 8.53. The highest BCUT2D eigenvalue weighted by atomic mass is 16.5. The second-order valence-corrected chi connectivity index (χ2v) is 6.21. The first-order chi connectivity index (χ1) is 12.2. The summed E-state index contributed by atoms with van der Waals surface area (Å²) in [6, 6.07) is 5.99. The Bertz CT molecular complexity index is 963. The van der Waals surface area contributed by atoms with E-state index in [0.717, 1.165) is 41.0 Å². The molecule has 3 heterocycles.